The second kappa shape index (κ2) is 5.65. The lowest BCUT2D eigenvalue weighted by atomic mass is 9.80. The van der Waals surface area contributed by atoms with Crippen molar-refractivity contribution in [2.75, 3.05) is 20.1 Å². The van der Waals surface area contributed by atoms with Gasteiger partial charge in [0.1, 0.15) is 5.54 Å². The Morgan fingerprint density at radius 3 is 2.14 bits per heavy atom. The largest absolute Gasteiger partial charge is 0.391 e. The van der Waals surface area contributed by atoms with Crippen molar-refractivity contribution >= 4 is 29.0 Å². The second-order valence-corrected chi connectivity index (χ2v) is 6.84. The van der Waals surface area contributed by atoms with Gasteiger partial charge in [-0.05, 0) is 32.7 Å². The van der Waals surface area contributed by atoms with E-state index in [0.717, 1.165) is 13.1 Å². The van der Waals surface area contributed by atoms with Crippen LogP contribution < -0.4 is 5.73 Å². The molecule has 2 fully saturated rings. The van der Waals surface area contributed by atoms with E-state index in [-0.39, 0.29) is 16.8 Å². The zero-order valence-electron chi connectivity index (χ0n) is 13.1. The maximum atomic E-state index is 13.0. The Labute approximate surface area is 131 Å². The number of nitrogens with two attached hydrogens (primary N) is 1. The Kier molecular flexibility index (Phi) is 4.40. The van der Waals surface area contributed by atoms with E-state index in [1.54, 1.807) is 0 Å². The Bertz CT molecular complexity index is 466. The summed E-state index contributed by atoms with van der Waals surface area (Å²) >= 11 is 5.27. The summed E-state index contributed by atoms with van der Waals surface area (Å²) in [4.78, 5) is 29.4. The first-order valence-electron chi connectivity index (χ1n) is 7.69. The van der Waals surface area contributed by atoms with E-state index in [0.29, 0.717) is 32.1 Å². The molecule has 0 radical (unpaired) electrons. The lowest BCUT2D eigenvalue weighted by molar-refractivity contribution is -0.147. The lowest BCUT2D eigenvalue weighted by Gasteiger charge is -2.45. The van der Waals surface area contributed by atoms with Crippen LogP contribution >= 0.6 is 12.2 Å². The number of hydrogen-bond acceptors (Lipinski definition) is 4. The molecule has 0 unspecified atom stereocenters. The monoisotopic (exact) mass is 311 g/mol. The molecule has 2 amide bonds. The van der Waals surface area contributed by atoms with Crippen LogP contribution in [0, 0.1) is 5.41 Å². The third kappa shape index (κ3) is 2.38. The molecule has 0 aromatic heterocycles. The van der Waals surface area contributed by atoms with Gasteiger partial charge in [-0.3, -0.25) is 14.5 Å². The number of thiocarbonyl (C=S) groups is 1. The standard InChI is InChI=1S/C15H25N3O2S/c1-4-14(5-2)10-11(19)18(13(14)20)15(12(16)21)6-8-17(3)9-7-15/h4-10H2,1-3H3,(H2,16,21). The highest BCUT2D eigenvalue weighted by molar-refractivity contribution is 7.80. The zero-order chi connectivity index (χ0) is 15.8. The molecule has 0 spiro atoms. The fraction of sp³-hybridized carbons (Fsp3) is 0.800. The third-order valence-corrected chi connectivity index (χ3v) is 5.83. The average Bonchev–Trinajstić information content (AvgIpc) is 2.72. The number of rotatable bonds is 4. The van der Waals surface area contributed by atoms with Gasteiger partial charge in [0.05, 0.1) is 10.4 Å². The van der Waals surface area contributed by atoms with Crippen molar-refractivity contribution in [2.45, 2.75) is 51.5 Å². The Balaban J connectivity index is 2.40. The molecule has 0 aromatic rings. The minimum atomic E-state index is -0.762. The van der Waals surface area contributed by atoms with Crippen molar-refractivity contribution in [2.24, 2.45) is 11.1 Å². The normalized spacial score (nSPS) is 25.4. The molecule has 2 aliphatic rings. The molecule has 0 aromatic carbocycles. The van der Waals surface area contributed by atoms with Gasteiger partial charge < -0.3 is 10.6 Å². The minimum Gasteiger partial charge on any atom is -0.391 e. The zero-order valence-corrected chi connectivity index (χ0v) is 14.0. The topological polar surface area (TPSA) is 66.6 Å². The van der Waals surface area contributed by atoms with Crippen LogP contribution in [0.25, 0.3) is 0 Å². The molecule has 0 aliphatic carbocycles. The summed E-state index contributed by atoms with van der Waals surface area (Å²) in [6.45, 7) is 5.53. The molecule has 2 saturated heterocycles. The molecule has 5 nitrogen and oxygen atoms in total. The van der Waals surface area contributed by atoms with Gasteiger partial charge in [-0.25, -0.2) is 0 Å². The van der Waals surface area contributed by atoms with E-state index in [1.165, 1.54) is 4.90 Å². The number of carbonyl (C=O) groups excluding carboxylic acids is 2. The van der Waals surface area contributed by atoms with Gasteiger partial charge >= 0.3 is 0 Å². The molecule has 118 valence electrons. The molecular weight excluding hydrogens is 286 g/mol. The Morgan fingerprint density at radius 1 is 1.24 bits per heavy atom. The van der Waals surface area contributed by atoms with Crippen LogP contribution in [-0.2, 0) is 9.59 Å². The number of imide groups is 1. The summed E-state index contributed by atoms with van der Waals surface area (Å²) < 4.78 is 0. The van der Waals surface area contributed by atoms with Gasteiger partial charge in [-0.2, -0.15) is 0 Å². The number of carbonyl (C=O) groups is 2. The quantitative estimate of drug-likeness (QED) is 0.626. The summed E-state index contributed by atoms with van der Waals surface area (Å²) in [6, 6.07) is 0. The fourth-order valence-corrected chi connectivity index (χ4v) is 3.89. The van der Waals surface area contributed by atoms with Crippen molar-refractivity contribution in [3.63, 3.8) is 0 Å². The van der Waals surface area contributed by atoms with E-state index in [4.69, 9.17) is 18.0 Å². The van der Waals surface area contributed by atoms with Crippen molar-refractivity contribution in [3.8, 4) is 0 Å². The predicted molar refractivity (Wildman–Crippen MR) is 85.7 cm³/mol. The van der Waals surface area contributed by atoms with Gasteiger partial charge in [-0.1, -0.05) is 26.1 Å². The Morgan fingerprint density at radius 2 is 1.76 bits per heavy atom. The van der Waals surface area contributed by atoms with E-state index in [1.807, 2.05) is 20.9 Å². The smallest absolute Gasteiger partial charge is 0.236 e. The van der Waals surface area contributed by atoms with Crippen LogP contribution in [0.1, 0.15) is 46.0 Å². The average molecular weight is 311 g/mol. The van der Waals surface area contributed by atoms with Crippen LogP contribution in [-0.4, -0.2) is 52.3 Å². The summed E-state index contributed by atoms with van der Waals surface area (Å²) in [5, 5.41) is 0. The van der Waals surface area contributed by atoms with Gasteiger partial charge in [0.15, 0.2) is 0 Å². The van der Waals surface area contributed by atoms with Gasteiger partial charge in [0.2, 0.25) is 11.8 Å². The van der Waals surface area contributed by atoms with Crippen LogP contribution in [0.3, 0.4) is 0 Å². The van der Waals surface area contributed by atoms with Crippen LogP contribution in [0.15, 0.2) is 0 Å². The molecule has 21 heavy (non-hydrogen) atoms. The molecule has 2 rings (SSSR count). The van der Waals surface area contributed by atoms with Crippen molar-refractivity contribution in [3.05, 3.63) is 0 Å². The molecule has 6 heteroatoms. The predicted octanol–water partition coefficient (Wildman–Crippen LogP) is 1.30. The molecule has 0 bridgehead atoms. The molecule has 2 heterocycles. The van der Waals surface area contributed by atoms with Crippen LogP contribution in [0.5, 0.6) is 0 Å². The maximum absolute atomic E-state index is 13.0. The van der Waals surface area contributed by atoms with Crippen molar-refractivity contribution in [1.82, 2.24) is 9.80 Å². The van der Waals surface area contributed by atoms with Crippen LogP contribution in [0.4, 0.5) is 0 Å². The second-order valence-electron chi connectivity index (χ2n) is 6.40. The number of amides is 2. The lowest BCUT2D eigenvalue weighted by Crippen LogP contribution is -2.63. The highest BCUT2D eigenvalue weighted by Crippen LogP contribution is 2.44. The number of piperidine rings is 1. The molecular formula is C15H25N3O2S. The first kappa shape index (κ1) is 16.4. The number of hydrogen-bond donors (Lipinski definition) is 1. The molecule has 0 saturated carbocycles. The number of likely N-dealkylation sites (tertiary alicyclic amines) is 2. The van der Waals surface area contributed by atoms with Gasteiger partial charge in [0, 0.05) is 19.5 Å². The van der Waals surface area contributed by atoms with Crippen molar-refractivity contribution in [1.29, 1.82) is 0 Å². The van der Waals surface area contributed by atoms with E-state index >= 15 is 0 Å². The molecule has 0 atom stereocenters. The van der Waals surface area contributed by atoms with Crippen LogP contribution in [0.2, 0.25) is 0 Å². The highest BCUT2D eigenvalue weighted by atomic mass is 32.1. The number of nitrogens with zero attached hydrogens (tertiary/aromatic N) is 2. The van der Waals surface area contributed by atoms with E-state index in [2.05, 4.69) is 4.90 Å². The summed E-state index contributed by atoms with van der Waals surface area (Å²) in [5.41, 5.74) is 4.67. The van der Waals surface area contributed by atoms with E-state index < -0.39 is 11.0 Å². The van der Waals surface area contributed by atoms with Gasteiger partial charge in [0.25, 0.3) is 0 Å². The summed E-state index contributed by atoms with van der Waals surface area (Å²) in [6.07, 6.45) is 2.93. The highest BCUT2D eigenvalue weighted by Gasteiger charge is 2.57. The summed E-state index contributed by atoms with van der Waals surface area (Å²) in [5.74, 6) is -0.184. The fourth-order valence-electron chi connectivity index (χ4n) is 3.60. The SMILES string of the molecule is CCC1(CC)CC(=O)N(C2(C(N)=S)CCN(C)CC2)C1=O. The molecule has 2 aliphatic heterocycles. The minimum absolute atomic E-state index is 0.0742. The third-order valence-electron chi connectivity index (χ3n) is 5.45. The molecule has 2 N–H and O–H groups in total. The first-order chi connectivity index (χ1) is 9.83. The maximum Gasteiger partial charge on any atom is 0.236 e. The van der Waals surface area contributed by atoms with Crippen molar-refractivity contribution < 1.29 is 9.59 Å². The first-order valence-corrected chi connectivity index (χ1v) is 8.10. The Hall–Kier alpha value is -1.01. The van der Waals surface area contributed by atoms with Gasteiger partial charge in [-0.15, -0.1) is 0 Å². The summed E-state index contributed by atoms with van der Waals surface area (Å²) in [7, 11) is 2.03. The van der Waals surface area contributed by atoms with E-state index in [9.17, 15) is 9.59 Å².